The standard InChI is InChI=1S/C32H38N4O4/c37-31(36(22-11-5-2-6-12-22)32(38)33-21-9-3-1-4-10-21)26-18-24-23-13-7-8-14-25(23)34-30(24)29(35-26)20-15-16-27-28(17-20)40-19-39-27/h7-8,13-17,21-22,26,29,34-35H,1-6,9-12,18-19H2,(H,33,38)/t26-,29-/m1/s1. The van der Waals surface area contributed by atoms with Gasteiger partial charge in [0, 0.05) is 28.7 Å². The first-order chi connectivity index (χ1) is 19.7. The van der Waals surface area contributed by atoms with Crippen LogP contribution in [-0.4, -0.2) is 46.7 Å². The van der Waals surface area contributed by atoms with Gasteiger partial charge in [0.25, 0.3) is 0 Å². The number of hydrogen-bond donors (Lipinski definition) is 3. The molecule has 210 valence electrons. The number of ether oxygens (including phenoxy) is 2. The minimum Gasteiger partial charge on any atom is -0.454 e. The quantitative estimate of drug-likeness (QED) is 0.393. The number of carbonyl (C=O) groups is 2. The number of hydrogen-bond acceptors (Lipinski definition) is 5. The molecule has 8 heteroatoms. The molecule has 3 amide bonds. The third-order valence-corrected chi connectivity index (χ3v) is 9.27. The fourth-order valence-electron chi connectivity index (χ4n) is 7.19. The Balaban J connectivity index is 1.23. The van der Waals surface area contributed by atoms with E-state index in [4.69, 9.17) is 9.47 Å². The van der Waals surface area contributed by atoms with E-state index >= 15 is 0 Å². The number of rotatable bonds is 4. The van der Waals surface area contributed by atoms with Crippen molar-refractivity contribution in [1.82, 2.24) is 20.5 Å². The first kappa shape index (κ1) is 25.4. The lowest BCUT2D eigenvalue weighted by Crippen LogP contribution is -2.59. The summed E-state index contributed by atoms with van der Waals surface area (Å²) in [5, 5.41) is 8.03. The molecule has 2 aromatic carbocycles. The Bertz CT molecular complexity index is 1410. The number of nitrogens with one attached hydrogen (secondary N) is 3. The monoisotopic (exact) mass is 542 g/mol. The van der Waals surface area contributed by atoms with Crippen LogP contribution in [-0.2, 0) is 11.2 Å². The van der Waals surface area contributed by atoms with Crippen molar-refractivity contribution in [2.24, 2.45) is 0 Å². The van der Waals surface area contributed by atoms with E-state index in [9.17, 15) is 9.59 Å². The van der Waals surface area contributed by atoms with Gasteiger partial charge in [-0.1, -0.05) is 62.8 Å². The van der Waals surface area contributed by atoms with Gasteiger partial charge in [0.2, 0.25) is 12.7 Å². The second-order valence-electron chi connectivity index (χ2n) is 11.8. The molecule has 40 heavy (non-hydrogen) atoms. The number of nitrogens with zero attached hydrogens (tertiary/aromatic N) is 1. The predicted molar refractivity (Wildman–Crippen MR) is 152 cm³/mol. The molecule has 2 aliphatic carbocycles. The van der Waals surface area contributed by atoms with Crippen LogP contribution in [0, 0.1) is 0 Å². The highest BCUT2D eigenvalue weighted by Gasteiger charge is 2.41. The molecule has 1 aromatic heterocycles. The van der Waals surface area contributed by atoms with Gasteiger partial charge in [-0.2, -0.15) is 0 Å². The first-order valence-electron chi connectivity index (χ1n) is 15.0. The Morgan fingerprint density at radius 1 is 0.875 bits per heavy atom. The van der Waals surface area contributed by atoms with E-state index in [1.54, 1.807) is 4.90 Å². The van der Waals surface area contributed by atoms with Crippen LogP contribution in [0.3, 0.4) is 0 Å². The van der Waals surface area contributed by atoms with Crippen molar-refractivity contribution in [3.8, 4) is 11.5 Å². The number of urea groups is 1. The number of H-pyrrole nitrogens is 1. The molecule has 2 fully saturated rings. The predicted octanol–water partition coefficient (Wildman–Crippen LogP) is 5.70. The minimum absolute atomic E-state index is 0.0556. The molecule has 0 radical (unpaired) electrons. The molecule has 3 aromatic rings. The third-order valence-electron chi connectivity index (χ3n) is 9.27. The van der Waals surface area contributed by atoms with Crippen LogP contribution in [0.1, 0.15) is 87.1 Å². The highest BCUT2D eigenvalue weighted by Crippen LogP contribution is 2.40. The summed E-state index contributed by atoms with van der Waals surface area (Å²) in [6.45, 7) is 0.210. The van der Waals surface area contributed by atoms with E-state index in [1.807, 2.05) is 30.3 Å². The normalized spacial score (nSPS) is 23.1. The van der Waals surface area contributed by atoms with Crippen molar-refractivity contribution in [3.05, 3.63) is 59.3 Å². The summed E-state index contributed by atoms with van der Waals surface area (Å²) in [5.74, 6) is 1.31. The van der Waals surface area contributed by atoms with Crippen LogP contribution in [0.5, 0.6) is 11.5 Å². The molecule has 0 unspecified atom stereocenters. The molecular formula is C32H38N4O4. The largest absolute Gasteiger partial charge is 0.454 e. The van der Waals surface area contributed by atoms with Gasteiger partial charge < -0.3 is 19.8 Å². The molecule has 3 N–H and O–H groups in total. The summed E-state index contributed by atoms with van der Waals surface area (Å²) in [5.41, 5.74) is 4.23. The Morgan fingerprint density at radius 3 is 2.45 bits per heavy atom. The molecule has 2 saturated carbocycles. The average molecular weight is 543 g/mol. The van der Waals surface area contributed by atoms with E-state index in [0.29, 0.717) is 12.2 Å². The molecule has 0 saturated heterocycles. The Labute approximate surface area is 234 Å². The lowest BCUT2D eigenvalue weighted by atomic mass is 9.88. The van der Waals surface area contributed by atoms with Gasteiger partial charge in [-0.05, 0) is 61.4 Å². The van der Waals surface area contributed by atoms with Gasteiger partial charge in [0.1, 0.15) is 0 Å². The van der Waals surface area contributed by atoms with Crippen molar-refractivity contribution in [2.45, 2.75) is 94.8 Å². The molecule has 7 rings (SSSR count). The van der Waals surface area contributed by atoms with Crippen LogP contribution in [0.4, 0.5) is 4.79 Å². The SMILES string of the molecule is O=C(NC1CCCCC1)N(C(=O)[C@H]1Cc2c([nH]c3ccccc23)[C@@H](c2ccc3c(c2)OCO3)N1)C1CCCCC1. The van der Waals surface area contributed by atoms with E-state index in [-0.39, 0.29) is 36.9 Å². The van der Waals surface area contributed by atoms with E-state index in [2.05, 4.69) is 27.8 Å². The number of para-hydroxylation sites is 1. The fourth-order valence-corrected chi connectivity index (χ4v) is 7.19. The lowest BCUT2D eigenvalue weighted by molar-refractivity contribution is -0.133. The van der Waals surface area contributed by atoms with Crippen molar-refractivity contribution >= 4 is 22.8 Å². The van der Waals surface area contributed by atoms with Crippen molar-refractivity contribution in [1.29, 1.82) is 0 Å². The third kappa shape index (κ3) is 4.72. The first-order valence-corrected chi connectivity index (χ1v) is 15.0. The smallest absolute Gasteiger partial charge is 0.324 e. The average Bonchev–Trinajstić information content (AvgIpc) is 3.62. The summed E-state index contributed by atoms with van der Waals surface area (Å²) in [7, 11) is 0. The lowest BCUT2D eigenvalue weighted by Gasteiger charge is -2.39. The number of amides is 3. The van der Waals surface area contributed by atoms with Gasteiger partial charge >= 0.3 is 6.03 Å². The molecule has 8 nitrogen and oxygen atoms in total. The Kier molecular flexibility index (Phi) is 6.87. The van der Waals surface area contributed by atoms with Gasteiger partial charge in [-0.3, -0.25) is 15.0 Å². The van der Waals surface area contributed by atoms with Gasteiger partial charge in [-0.25, -0.2) is 4.79 Å². The summed E-state index contributed by atoms with van der Waals surface area (Å²) in [4.78, 5) is 33.5. The van der Waals surface area contributed by atoms with Crippen molar-refractivity contribution < 1.29 is 19.1 Å². The topological polar surface area (TPSA) is 95.7 Å². The van der Waals surface area contributed by atoms with Crippen LogP contribution in [0.2, 0.25) is 0 Å². The second kappa shape index (κ2) is 10.8. The molecule has 3 heterocycles. The molecule has 2 aliphatic heterocycles. The Morgan fingerprint density at radius 2 is 1.62 bits per heavy atom. The van der Waals surface area contributed by atoms with Crippen LogP contribution < -0.4 is 20.1 Å². The number of fused-ring (bicyclic) bond motifs is 4. The zero-order valence-corrected chi connectivity index (χ0v) is 22.9. The van der Waals surface area contributed by atoms with Crippen LogP contribution >= 0.6 is 0 Å². The molecule has 0 spiro atoms. The molecule has 4 aliphatic rings. The summed E-state index contributed by atoms with van der Waals surface area (Å²) in [6, 6.07) is 13.3. The van der Waals surface area contributed by atoms with E-state index in [0.717, 1.165) is 91.3 Å². The van der Waals surface area contributed by atoms with E-state index < -0.39 is 6.04 Å². The van der Waals surface area contributed by atoms with E-state index in [1.165, 1.54) is 6.42 Å². The van der Waals surface area contributed by atoms with Crippen LogP contribution in [0.15, 0.2) is 42.5 Å². The maximum absolute atomic E-state index is 14.5. The molecule has 2 atom stereocenters. The Hall–Kier alpha value is -3.52. The molecular weight excluding hydrogens is 504 g/mol. The summed E-state index contributed by atoms with van der Waals surface area (Å²) in [6.07, 6.45) is 11.0. The minimum atomic E-state index is -0.527. The van der Waals surface area contributed by atoms with Gasteiger partial charge in [0.15, 0.2) is 11.5 Å². The van der Waals surface area contributed by atoms with Crippen LogP contribution in [0.25, 0.3) is 10.9 Å². The highest BCUT2D eigenvalue weighted by atomic mass is 16.7. The highest BCUT2D eigenvalue weighted by molar-refractivity contribution is 5.98. The number of aromatic amines is 1. The summed E-state index contributed by atoms with van der Waals surface area (Å²) >= 11 is 0. The zero-order valence-electron chi connectivity index (χ0n) is 22.9. The summed E-state index contributed by atoms with van der Waals surface area (Å²) < 4.78 is 11.2. The van der Waals surface area contributed by atoms with Gasteiger partial charge in [-0.15, -0.1) is 0 Å². The second-order valence-corrected chi connectivity index (χ2v) is 11.8. The fraction of sp³-hybridized carbons (Fsp3) is 0.500. The maximum Gasteiger partial charge on any atom is 0.324 e. The maximum atomic E-state index is 14.5. The number of aromatic nitrogens is 1. The number of benzene rings is 2. The number of carbonyl (C=O) groups excluding carboxylic acids is 2. The van der Waals surface area contributed by atoms with Crippen molar-refractivity contribution in [3.63, 3.8) is 0 Å². The van der Waals surface area contributed by atoms with Gasteiger partial charge in [0.05, 0.1) is 12.1 Å². The number of imide groups is 1. The zero-order chi connectivity index (χ0) is 27.1. The van der Waals surface area contributed by atoms with Crippen molar-refractivity contribution in [2.75, 3.05) is 6.79 Å². The molecule has 0 bridgehead atoms.